The zero-order valence-corrected chi connectivity index (χ0v) is 9.16. The third-order valence-electron chi connectivity index (χ3n) is 2.01. The zero-order chi connectivity index (χ0) is 10.6. The van der Waals surface area contributed by atoms with Crippen molar-refractivity contribution in [1.29, 1.82) is 0 Å². The largest absolute Gasteiger partial charge is 0.294 e. The van der Waals surface area contributed by atoms with Crippen LogP contribution in [-0.2, 0) is 0 Å². The summed E-state index contributed by atoms with van der Waals surface area (Å²) in [4.78, 5) is 11.5. The number of carbonyl (C=O) groups is 1. The first-order valence-corrected chi connectivity index (χ1v) is 5.83. The van der Waals surface area contributed by atoms with E-state index in [0.29, 0.717) is 17.5 Å². The predicted molar refractivity (Wildman–Crippen MR) is 58.5 cm³/mol. The van der Waals surface area contributed by atoms with Crippen molar-refractivity contribution in [3.8, 4) is 0 Å². The van der Waals surface area contributed by atoms with Gasteiger partial charge in [-0.1, -0.05) is 0 Å². The molecule has 0 aliphatic carbocycles. The number of ketones is 1. The number of thioether (sulfide) groups is 1. The van der Waals surface area contributed by atoms with Gasteiger partial charge in [-0.2, -0.15) is 11.8 Å². The minimum atomic E-state index is -0.258. The maximum Gasteiger partial charge on any atom is 0.163 e. The normalized spacial score (nSPS) is 10.2. The summed E-state index contributed by atoms with van der Waals surface area (Å²) in [7, 11) is 0. The molecule has 1 aromatic rings. The molecule has 0 aromatic heterocycles. The Morgan fingerprint density at radius 1 is 1.50 bits per heavy atom. The number of hydrogen-bond donors (Lipinski definition) is 0. The number of Topliss-reactive ketones (excluding diaryl/α,β-unsaturated/α-hetero) is 1. The summed E-state index contributed by atoms with van der Waals surface area (Å²) < 4.78 is 12.9. The maximum atomic E-state index is 12.9. The summed E-state index contributed by atoms with van der Waals surface area (Å²) in [5.74, 6) is 0.642. The first-order chi connectivity index (χ1) is 6.65. The second kappa shape index (κ2) is 5.15. The number of carbonyl (C=O) groups excluding carboxylic acids is 1. The van der Waals surface area contributed by atoms with Crippen LogP contribution in [0.4, 0.5) is 4.39 Å². The Bertz CT molecular complexity index is 336. The van der Waals surface area contributed by atoms with E-state index in [1.165, 1.54) is 6.07 Å². The Hall–Kier alpha value is -0.830. The monoisotopic (exact) mass is 212 g/mol. The minimum Gasteiger partial charge on any atom is -0.294 e. The minimum absolute atomic E-state index is 0.0856. The molecule has 0 saturated carbocycles. The predicted octanol–water partition coefficient (Wildman–Crippen LogP) is 3.07. The van der Waals surface area contributed by atoms with Crippen molar-refractivity contribution >= 4 is 17.5 Å². The van der Waals surface area contributed by atoms with E-state index in [0.717, 1.165) is 5.75 Å². The molecule has 0 amide bonds. The van der Waals surface area contributed by atoms with Crippen LogP contribution in [0.5, 0.6) is 0 Å². The second-order valence-electron chi connectivity index (χ2n) is 3.13. The molecule has 76 valence electrons. The van der Waals surface area contributed by atoms with Gasteiger partial charge < -0.3 is 0 Å². The van der Waals surface area contributed by atoms with E-state index < -0.39 is 0 Å². The van der Waals surface area contributed by atoms with Crippen LogP contribution in [0.3, 0.4) is 0 Å². The van der Waals surface area contributed by atoms with Crippen molar-refractivity contribution in [3.05, 3.63) is 35.1 Å². The summed E-state index contributed by atoms with van der Waals surface area (Å²) in [6, 6.07) is 4.50. The van der Waals surface area contributed by atoms with Crippen molar-refractivity contribution in [3.63, 3.8) is 0 Å². The number of aryl methyl sites for hydroxylation is 1. The lowest BCUT2D eigenvalue weighted by atomic mass is 10.1. The molecule has 0 aliphatic heterocycles. The van der Waals surface area contributed by atoms with E-state index >= 15 is 0 Å². The first kappa shape index (κ1) is 11.2. The van der Waals surface area contributed by atoms with Crippen molar-refractivity contribution in [2.24, 2.45) is 0 Å². The van der Waals surface area contributed by atoms with Crippen LogP contribution in [0.1, 0.15) is 22.3 Å². The molecule has 1 nitrogen and oxygen atoms in total. The Morgan fingerprint density at radius 3 is 2.79 bits per heavy atom. The van der Waals surface area contributed by atoms with Crippen molar-refractivity contribution in [1.82, 2.24) is 0 Å². The fraction of sp³-hybridized carbons (Fsp3) is 0.364. The molecule has 0 unspecified atom stereocenters. The Morgan fingerprint density at radius 2 is 2.21 bits per heavy atom. The van der Waals surface area contributed by atoms with Gasteiger partial charge >= 0.3 is 0 Å². The third kappa shape index (κ3) is 2.84. The Labute approximate surface area is 87.7 Å². The van der Waals surface area contributed by atoms with Crippen LogP contribution in [0.25, 0.3) is 0 Å². The van der Waals surface area contributed by atoms with Crippen LogP contribution in [-0.4, -0.2) is 17.8 Å². The number of benzene rings is 1. The molecule has 3 heteroatoms. The third-order valence-corrected chi connectivity index (χ3v) is 2.63. The molecule has 1 rings (SSSR count). The van der Waals surface area contributed by atoms with Crippen molar-refractivity contribution < 1.29 is 9.18 Å². The quantitative estimate of drug-likeness (QED) is 0.713. The Kier molecular flexibility index (Phi) is 4.14. The highest BCUT2D eigenvalue weighted by Gasteiger charge is 2.06. The van der Waals surface area contributed by atoms with Crippen molar-refractivity contribution in [2.45, 2.75) is 13.3 Å². The van der Waals surface area contributed by atoms with Crippen LogP contribution >= 0.6 is 11.8 Å². The highest BCUT2D eigenvalue weighted by Crippen LogP contribution is 2.12. The van der Waals surface area contributed by atoms with E-state index in [4.69, 9.17) is 0 Å². The van der Waals surface area contributed by atoms with E-state index in [-0.39, 0.29) is 11.6 Å². The number of rotatable bonds is 4. The molecule has 0 saturated heterocycles. The first-order valence-electron chi connectivity index (χ1n) is 4.43. The van der Waals surface area contributed by atoms with Gasteiger partial charge in [0.15, 0.2) is 5.78 Å². The highest BCUT2D eigenvalue weighted by molar-refractivity contribution is 7.98. The lowest BCUT2D eigenvalue weighted by molar-refractivity contribution is 0.0989. The molecule has 0 fully saturated rings. The van der Waals surface area contributed by atoms with Gasteiger partial charge in [0.25, 0.3) is 0 Å². The fourth-order valence-electron chi connectivity index (χ4n) is 1.16. The Balaban J connectivity index is 2.76. The van der Waals surface area contributed by atoms with Gasteiger partial charge in [0.05, 0.1) is 0 Å². The zero-order valence-electron chi connectivity index (χ0n) is 8.34. The average molecular weight is 212 g/mol. The molecule has 0 spiro atoms. The van der Waals surface area contributed by atoms with E-state index in [9.17, 15) is 9.18 Å². The molecule has 1 aromatic carbocycles. The van der Waals surface area contributed by atoms with E-state index in [2.05, 4.69) is 0 Å². The highest BCUT2D eigenvalue weighted by atomic mass is 32.2. The molecule has 0 N–H and O–H groups in total. The van der Waals surface area contributed by atoms with Gasteiger partial charge in [0, 0.05) is 17.7 Å². The molecular formula is C11H13FOS. The topological polar surface area (TPSA) is 17.1 Å². The summed E-state index contributed by atoms with van der Waals surface area (Å²) in [5, 5.41) is 0. The van der Waals surface area contributed by atoms with Crippen molar-refractivity contribution in [2.75, 3.05) is 12.0 Å². The van der Waals surface area contributed by atoms with Gasteiger partial charge in [-0.25, -0.2) is 4.39 Å². The number of halogens is 1. The van der Waals surface area contributed by atoms with Gasteiger partial charge in [0.1, 0.15) is 5.82 Å². The SMILES string of the molecule is CSCCC(=O)c1ccc(F)c(C)c1. The molecule has 0 aliphatic rings. The summed E-state index contributed by atoms with van der Waals surface area (Å²) in [6.07, 6.45) is 2.48. The standard InChI is InChI=1S/C11H13FOS/c1-8-7-9(3-4-10(8)12)11(13)5-6-14-2/h3-4,7H,5-6H2,1-2H3. The summed E-state index contributed by atoms with van der Waals surface area (Å²) in [6.45, 7) is 1.67. The molecular weight excluding hydrogens is 199 g/mol. The van der Waals surface area contributed by atoms with E-state index in [1.54, 1.807) is 30.8 Å². The molecule has 14 heavy (non-hydrogen) atoms. The molecule has 0 bridgehead atoms. The van der Waals surface area contributed by atoms with Crippen LogP contribution in [0, 0.1) is 12.7 Å². The van der Waals surface area contributed by atoms with Crippen LogP contribution in [0.15, 0.2) is 18.2 Å². The molecule has 0 heterocycles. The summed E-state index contributed by atoms with van der Waals surface area (Å²) >= 11 is 1.64. The smallest absolute Gasteiger partial charge is 0.163 e. The van der Waals surface area contributed by atoms with E-state index in [1.807, 2.05) is 6.26 Å². The molecule has 0 radical (unpaired) electrons. The molecule has 0 atom stereocenters. The summed E-state index contributed by atoms with van der Waals surface area (Å²) in [5.41, 5.74) is 1.14. The van der Waals surface area contributed by atoms with Gasteiger partial charge in [0.2, 0.25) is 0 Å². The second-order valence-corrected chi connectivity index (χ2v) is 4.12. The fourth-order valence-corrected chi connectivity index (χ4v) is 1.55. The van der Waals surface area contributed by atoms with Gasteiger partial charge in [-0.3, -0.25) is 4.79 Å². The maximum absolute atomic E-state index is 12.9. The number of hydrogen-bond acceptors (Lipinski definition) is 2. The van der Waals surface area contributed by atoms with Gasteiger partial charge in [-0.05, 0) is 36.9 Å². The lowest BCUT2D eigenvalue weighted by Crippen LogP contribution is -2.01. The average Bonchev–Trinajstić information content (AvgIpc) is 2.18. The van der Waals surface area contributed by atoms with Crippen LogP contribution in [0.2, 0.25) is 0 Å². The van der Waals surface area contributed by atoms with Gasteiger partial charge in [-0.15, -0.1) is 0 Å². The lowest BCUT2D eigenvalue weighted by Gasteiger charge is -2.01. The van der Waals surface area contributed by atoms with Crippen LogP contribution < -0.4 is 0 Å².